The van der Waals surface area contributed by atoms with Crippen LogP contribution in [0, 0.1) is 0 Å². The van der Waals surface area contributed by atoms with E-state index in [1.54, 1.807) is 4.90 Å². The van der Waals surface area contributed by atoms with Crippen molar-refractivity contribution in [3.63, 3.8) is 0 Å². The second kappa shape index (κ2) is 4.65. The summed E-state index contributed by atoms with van der Waals surface area (Å²) in [5.41, 5.74) is -0.479. The molecule has 0 aromatic rings. The van der Waals surface area contributed by atoms with Gasteiger partial charge in [0.15, 0.2) is 0 Å². The zero-order valence-corrected chi connectivity index (χ0v) is 9.80. The van der Waals surface area contributed by atoms with Crippen LogP contribution in [0.25, 0.3) is 0 Å². The summed E-state index contributed by atoms with van der Waals surface area (Å²) in [6, 6.07) is 0. The van der Waals surface area contributed by atoms with Gasteiger partial charge in [0.05, 0.1) is 6.54 Å². The summed E-state index contributed by atoms with van der Waals surface area (Å²) in [5.74, 6) is -3.43. The van der Waals surface area contributed by atoms with Gasteiger partial charge < -0.3 is 5.11 Å². The van der Waals surface area contributed by atoms with Crippen molar-refractivity contribution in [1.82, 2.24) is 4.90 Å². The van der Waals surface area contributed by atoms with Crippen LogP contribution in [-0.2, 0) is 4.79 Å². The number of aliphatic carboxylic acids is 1. The van der Waals surface area contributed by atoms with E-state index in [9.17, 15) is 13.6 Å². The number of alkyl halides is 2. The maximum Gasteiger partial charge on any atom is 0.303 e. The van der Waals surface area contributed by atoms with Crippen LogP contribution in [0.5, 0.6) is 0 Å². The van der Waals surface area contributed by atoms with E-state index in [0.29, 0.717) is 19.4 Å². The van der Waals surface area contributed by atoms with Crippen LogP contribution in [0.2, 0.25) is 0 Å². The summed E-state index contributed by atoms with van der Waals surface area (Å²) in [5, 5.41) is 8.46. The molecular formula is C11H19F2NO2. The highest BCUT2D eigenvalue weighted by Crippen LogP contribution is 2.38. The fraction of sp³-hybridized carbons (Fsp3) is 0.909. The molecule has 16 heavy (non-hydrogen) atoms. The first-order valence-electron chi connectivity index (χ1n) is 5.58. The number of unbranched alkanes of at least 4 members (excludes halogenated alkanes) is 1. The summed E-state index contributed by atoms with van der Waals surface area (Å²) < 4.78 is 26.4. The van der Waals surface area contributed by atoms with E-state index >= 15 is 0 Å². The lowest BCUT2D eigenvalue weighted by Gasteiger charge is -2.30. The van der Waals surface area contributed by atoms with Gasteiger partial charge in [-0.25, -0.2) is 8.78 Å². The SMILES string of the molecule is CC1(C)CC(F)(F)CN1CCCCC(=O)O. The number of carboxylic acids is 1. The number of hydrogen-bond donors (Lipinski definition) is 1. The second-order valence-corrected chi connectivity index (χ2v) is 5.12. The van der Waals surface area contributed by atoms with E-state index in [-0.39, 0.29) is 19.4 Å². The van der Waals surface area contributed by atoms with Crippen LogP contribution < -0.4 is 0 Å². The molecule has 1 fully saturated rings. The lowest BCUT2D eigenvalue weighted by molar-refractivity contribution is -0.137. The smallest absolute Gasteiger partial charge is 0.303 e. The van der Waals surface area contributed by atoms with Gasteiger partial charge in [0.25, 0.3) is 5.92 Å². The van der Waals surface area contributed by atoms with Gasteiger partial charge in [0, 0.05) is 18.4 Å². The summed E-state index contributed by atoms with van der Waals surface area (Å²) in [7, 11) is 0. The van der Waals surface area contributed by atoms with Crippen molar-refractivity contribution < 1.29 is 18.7 Å². The minimum atomic E-state index is -2.60. The average Bonchev–Trinajstić information content (AvgIpc) is 2.27. The van der Waals surface area contributed by atoms with Gasteiger partial charge in [-0.2, -0.15) is 0 Å². The fourth-order valence-electron chi connectivity index (χ4n) is 2.25. The Kier molecular flexibility index (Phi) is 3.88. The van der Waals surface area contributed by atoms with Crippen LogP contribution in [0.1, 0.15) is 39.5 Å². The number of rotatable bonds is 5. The molecule has 0 spiro atoms. The molecule has 0 saturated carbocycles. The molecule has 3 nitrogen and oxygen atoms in total. The molecule has 1 rings (SSSR count). The van der Waals surface area contributed by atoms with Crippen molar-refractivity contribution >= 4 is 5.97 Å². The fourth-order valence-corrected chi connectivity index (χ4v) is 2.25. The Labute approximate surface area is 94.4 Å². The highest BCUT2D eigenvalue weighted by molar-refractivity contribution is 5.66. The van der Waals surface area contributed by atoms with E-state index in [2.05, 4.69) is 0 Å². The lowest BCUT2D eigenvalue weighted by Crippen LogP contribution is -2.38. The first kappa shape index (κ1) is 13.4. The number of likely N-dealkylation sites (tertiary alicyclic amines) is 1. The zero-order valence-electron chi connectivity index (χ0n) is 9.80. The van der Waals surface area contributed by atoms with Crippen LogP contribution in [0.3, 0.4) is 0 Å². The third kappa shape index (κ3) is 3.70. The molecule has 0 amide bonds. The minimum Gasteiger partial charge on any atom is -0.481 e. The molecule has 1 N–H and O–H groups in total. The standard InChI is InChI=1S/C11H19F2NO2/c1-10(2)7-11(12,13)8-14(10)6-4-3-5-9(15)16/h3-8H2,1-2H3,(H,15,16). The van der Waals surface area contributed by atoms with Crippen molar-refractivity contribution in [1.29, 1.82) is 0 Å². The van der Waals surface area contributed by atoms with Crippen LogP contribution in [0.15, 0.2) is 0 Å². The molecule has 0 aromatic carbocycles. The average molecular weight is 235 g/mol. The van der Waals surface area contributed by atoms with Gasteiger partial charge in [0.1, 0.15) is 0 Å². The first-order valence-corrected chi connectivity index (χ1v) is 5.58. The maximum absolute atomic E-state index is 13.2. The number of halogens is 2. The van der Waals surface area contributed by atoms with Crippen LogP contribution in [-0.4, -0.2) is 40.5 Å². The Morgan fingerprint density at radius 2 is 2.00 bits per heavy atom. The third-order valence-electron chi connectivity index (χ3n) is 3.04. The van der Waals surface area contributed by atoms with Gasteiger partial charge in [-0.3, -0.25) is 9.69 Å². The molecule has 0 radical (unpaired) electrons. The van der Waals surface area contributed by atoms with Gasteiger partial charge in [-0.15, -0.1) is 0 Å². The second-order valence-electron chi connectivity index (χ2n) is 5.12. The van der Waals surface area contributed by atoms with E-state index < -0.39 is 17.4 Å². The minimum absolute atomic E-state index is 0.112. The largest absolute Gasteiger partial charge is 0.481 e. The molecule has 1 saturated heterocycles. The van der Waals surface area contributed by atoms with Crippen LogP contribution in [0.4, 0.5) is 8.78 Å². The summed E-state index contributed by atoms with van der Waals surface area (Å²) >= 11 is 0. The molecule has 1 heterocycles. The molecule has 5 heteroatoms. The van der Waals surface area contributed by atoms with Gasteiger partial charge in [-0.05, 0) is 33.2 Å². The zero-order chi connectivity index (χ0) is 12.4. The topological polar surface area (TPSA) is 40.5 Å². The Morgan fingerprint density at radius 1 is 1.38 bits per heavy atom. The third-order valence-corrected chi connectivity index (χ3v) is 3.04. The molecule has 1 aliphatic heterocycles. The molecule has 1 aliphatic rings. The molecule has 0 unspecified atom stereocenters. The molecule has 94 valence electrons. The lowest BCUT2D eigenvalue weighted by atomic mass is 10.0. The first-order chi connectivity index (χ1) is 7.23. The van der Waals surface area contributed by atoms with E-state index in [1.165, 1.54) is 0 Å². The quantitative estimate of drug-likeness (QED) is 0.744. The monoisotopic (exact) mass is 235 g/mol. The molecule has 0 bridgehead atoms. The molecule has 0 aliphatic carbocycles. The number of carboxylic acid groups (broad SMARTS) is 1. The van der Waals surface area contributed by atoms with Crippen LogP contribution >= 0.6 is 0 Å². The van der Waals surface area contributed by atoms with Crippen molar-refractivity contribution in [2.75, 3.05) is 13.1 Å². The Bertz CT molecular complexity index is 267. The predicted octanol–water partition coefficient (Wildman–Crippen LogP) is 2.36. The predicted molar refractivity (Wildman–Crippen MR) is 56.7 cm³/mol. The highest BCUT2D eigenvalue weighted by atomic mass is 19.3. The maximum atomic E-state index is 13.2. The summed E-state index contributed by atoms with van der Waals surface area (Å²) in [6.07, 6.45) is 1.21. The highest BCUT2D eigenvalue weighted by Gasteiger charge is 2.48. The van der Waals surface area contributed by atoms with E-state index in [0.717, 1.165) is 0 Å². The Morgan fingerprint density at radius 3 is 2.44 bits per heavy atom. The molecule has 0 aromatic heterocycles. The number of carbonyl (C=O) groups is 1. The van der Waals surface area contributed by atoms with Gasteiger partial charge in [-0.1, -0.05) is 0 Å². The van der Waals surface area contributed by atoms with E-state index in [4.69, 9.17) is 5.11 Å². The molecular weight excluding hydrogens is 216 g/mol. The van der Waals surface area contributed by atoms with Crippen molar-refractivity contribution in [3.8, 4) is 0 Å². The normalized spacial score (nSPS) is 23.5. The number of nitrogens with zero attached hydrogens (tertiary/aromatic N) is 1. The molecule has 0 atom stereocenters. The van der Waals surface area contributed by atoms with Gasteiger partial charge >= 0.3 is 5.97 Å². The van der Waals surface area contributed by atoms with Crippen molar-refractivity contribution in [3.05, 3.63) is 0 Å². The Hall–Kier alpha value is -0.710. The summed E-state index contributed by atoms with van der Waals surface area (Å²) in [4.78, 5) is 12.1. The van der Waals surface area contributed by atoms with E-state index in [1.807, 2.05) is 13.8 Å². The number of hydrogen-bond acceptors (Lipinski definition) is 2. The summed E-state index contributed by atoms with van der Waals surface area (Å²) in [6.45, 7) is 3.97. The van der Waals surface area contributed by atoms with Crippen molar-refractivity contribution in [2.24, 2.45) is 0 Å². The Balaban J connectivity index is 2.34. The van der Waals surface area contributed by atoms with Crippen molar-refractivity contribution in [2.45, 2.75) is 51.0 Å². The van der Waals surface area contributed by atoms with Gasteiger partial charge in [0.2, 0.25) is 0 Å².